The number of halogens is 1. The van der Waals surface area contributed by atoms with Crippen molar-refractivity contribution >= 4 is 5.91 Å². The van der Waals surface area contributed by atoms with Crippen LogP contribution in [0.4, 0.5) is 4.39 Å². The lowest BCUT2D eigenvalue weighted by molar-refractivity contribution is -0.136. The zero-order chi connectivity index (χ0) is 14.9. The van der Waals surface area contributed by atoms with Crippen molar-refractivity contribution in [3.8, 4) is 0 Å². The number of ether oxygens (including phenoxy) is 1. The zero-order valence-electron chi connectivity index (χ0n) is 12.0. The maximum Gasteiger partial charge on any atom is 0.227 e. The molecule has 1 heterocycles. The maximum atomic E-state index is 13.2. The quantitative estimate of drug-likeness (QED) is 0.885. The van der Waals surface area contributed by atoms with Gasteiger partial charge in [0.1, 0.15) is 5.82 Å². The lowest BCUT2D eigenvalue weighted by Gasteiger charge is -2.34. The van der Waals surface area contributed by atoms with Gasteiger partial charge in [0.15, 0.2) is 0 Å². The molecule has 21 heavy (non-hydrogen) atoms. The van der Waals surface area contributed by atoms with Crippen LogP contribution in [0.2, 0.25) is 0 Å². The molecule has 2 unspecified atom stereocenters. The summed E-state index contributed by atoms with van der Waals surface area (Å²) in [5.41, 5.74) is 6.30. The minimum Gasteiger partial charge on any atom is -0.381 e. The molecule has 0 bridgehead atoms. The van der Waals surface area contributed by atoms with E-state index in [4.69, 9.17) is 10.5 Å². The molecule has 2 atom stereocenters. The Balaban J connectivity index is 1.61. The summed E-state index contributed by atoms with van der Waals surface area (Å²) >= 11 is 0. The normalized spacial score (nSPS) is 27.1. The molecule has 5 heteroatoms. The van der Waals surface area contributed by atoms with Crippen molar-refractivity contribution < 1.29 is 13.9 Å². The van der Waals surface area contributed by atoms with Gasteiger partial charge in [-0.25, -0.2) is 4.39 Å². The smallest absolute Gasteiger partial charge is 0.227 e. The van der Waals surface area contributed by atoms with E-state index < -0.39 is 5.41 Å². The third-order valence-electron chi connectivity index (χ3n) is 4.71. The molecule has 0 radical (unpaired) electrons. The molecule has 2 fully saturated rings. The molecule has 1 aliphatic carbocycles. The van der Waals surface area contributed by atoms with E-state index in [0.717, 1.165) is 12.0 Å². The van der Waals surface area contributed by atoms with Crippen LogP contribution in [0.1, 0.15) is 30.7 Å². The third-order valence-corrected chi connectivity index (χ3v) is 4.71. The van der Waals surface area contributed by atoms with E-state index >= 15 is 0 Å². The van der Waals surface area contributed by atoms with Gasteiger partial charge >= 0.3 is 0 Å². The molecule has 4 nitrogen and oxygen atoms in total. The molecule has 0 aromatic heterocycles. The maximum absolute atomic E-state index is 13.2. The van der Waals surface area contributed by atoms with E-state index in [-0.39, 0.29) is 23.7 Å². The molecule has 114 valence electrons. The number of rotatable bonds is 4. The Bertz CT molecular complexity index is 529. The Hall–Kier alpha value is -1.46. The highest BCUT2D eigenvalue weighted by Gasteiger charge is 2.45. The first kappa shape index (κ1) is 14.5. The van der Waals surface area contributed by atoms with Gasteiger partial charge < -0.3 is 15.8 Å². The molecule has 3 rings (SSSR count). The lowest BCUT2D eigenvalue weighted by atomic mass is 9.79. The van der Waals surface area contributed by atoms with E-state index in [1.807, 2.05) is 6.07 Å². The van der Waals surface area contributed by atoms with E-state index in [1.54, 1.807) is 12.1 Å². The lowest BCUT2D eigenvalue weighted by Crippen LogP contribution is -2.49. The minimum absolute atomic E-state index is 0.0252. The highest BCUT2D eigenvalue weighted by atomic mass is 19.1. The van der Waals surface area contributed by atoms with Crippen molar-refractivity contribution in [2.24, 2.45) is 11.1 Å². The third kappa shape index (κ3) is 2.94. The van der Waals surface area contributed by atoms with Gasteiger partial charge in [0.25, 0.3) is 0 Å². The Morgan fingerprint density at radius 3 is 2.86 bits per heavy atom. The summed E-state index contributed by atoms with van der Waals surface area (Å²) in [5, 5.41) is 3.09. The van der Waals surface area contributed by atoms with Crippen LogP contribution in [0.5, 0.6) is 0 Å². The highest BCUT2D eigenvalue weighted by Crippen LogP contribution is 2.42. The first-order valence-corrected chi connectivity index (χ1v) is 7.49. The Kier molecular flexibility index (Phi) is 3.95. The van der Waals surface area contributed by atoms with E-state index in [2.05, 4.69) is 5.32 Å². The second-order valence-corrected chi connectivity index (χ2v) is 6.07. The van der Waals surface area contributed by atoms with E-state index in [9.17, 15) is 9.18 Å². The molecule has 1 aromatic rings. The number of benzene rings is 1. The van der Waals surface area contributed by atoms with Crippen LogP contribution in [0.25, 0.3) is 0 Å². The number of nitrogens with two attached hydrogens (primary N) is 1. The highest BCUT2D eigenvalue weighted by molar-refractivity contribution is 5.83. The summed E-state index contributed by atoms with van der Waals surface area (Å²) in [6.45, 7) is 1.52. The SMILES string of the molecule is NCC1(C(=O)NC2CC2c2cccc(F)c2)CCOCC1. The molecule has 1 amide bonds. The van der Waals surface area contributed by atoms with Gasteiger partial charge in [-0.15, -0.1) is 0 Å². The van der Waals surface area contributed by atoms with Gasteiger partial charge in [-0.05, 0) is 37.0 Å². The topological polar surface area (TPSA) is 64.4 Å². The first-order valence-electron chi connectivity index (χ1n) is 7.49. The van der Waals surface area contributed by atoms with Crippen LogP contribution in [-0.4, -0.2) is 31.7 Å². The van der Waals surface area contributed by atoms with Crippen LogP contribution < -0.4 is 11.1 Å². The average molecular weight is 292 g/mol. The van der Waals surface area contributed by atoms with Gasteiger partial charge in [-0.3, -0.25) is 4.79 Å². The second-order valence-electron chi connectivity index (χ2n) is 6.07. The summed E-state index contributed by atoms with van der Waals surface area (Å²) < 4.78 is 18.6. The van der Waals surface area contributed by atoms with Gasteiger partial charge in [0.05, 0.1) is 5.41 Å². The number of hydrogen-bond acceptors (Lipinski definition) is 3. The van der Waals surface area contributed by atoms with Crippen molar-refractivity contribution in [2.75, 3.05) is 19.8 Å². The summed E-state index contributed by atoms with van der Waals surface area (Å²) in [5.74, 6) is 0.0175. The van der Waals surface area contributed by atoms with Gasteiger partial charge in [-0.2, -0.15) is 0 Å². The average Bonchev–Trinajstić information content (AvgIpc) is 3.27. The van der Waals surface area contributed by atoms with Crippen LogP contribution >= 0.6 is 0 Å². The Morgan fingerprint density at radius 2 is 2.19 bits per heavy atom. The largest absolute Gasteiger partial charge is 0.381 e. The van der Waals surface area contributed by atoms with Crippen LogP contribution in [0, 0.1) is 11.2 Å². The summed E-state index contributed by atoms with van der Waals surface area (Å²) in [4.78, 5) is 12.5. The summed E-state index contributed by atoms with van der Waals surface area (Å²) in [6.07, 6.45) is 2.21. The van der Waals surface area contributed by atoms with Crippen LogP contribution in [0.15, 0.2) is 24.3 Å². The van der Waals surface area contributed by atoms with E-state index in [0.29, 0.717) is 32.6 Å². The van der Waals surface area contributed by atoms with Gasteiger partial charge in [-0.1, -0.05) is 12.1 Å². The fourth-order valence-electron chi connectivity index (χ4n) is 3.07. The minimum atomic E-state index is -0.493. The number of amides is 1. The predicted molar refractivity (Wildman–Crippen MR) is 77.2 cm³/mol. The summed E-state index contributed by atoms with van der Waals surface area (Å²) in [6, 6.07) is 6.70. The predicted octanol–water partition coefficient (Wildman–Crippen LogP) is 1.55. The van der Waals surface area contributed by atoms with Crippen LogP contribution in [0.3, 0.4) is 0 Å². The Labute approximate surface area is 123 Å². The van der Waals surface area contributed by atoms with E-state index in [1.165, 1.54) is 6.07 Å². The summed E-state index contributed by atoms with van der Waals surface area (Å²) in [7, 11) is 0. The van der Waals surface area contributed by atoms with Gasteiger partial charge in [0, 0.05) is 31.7 Å². The molecule has 1 aliphatic heterocycles. The molecular formula is C16H21FN2O2. The fourth-order valence-corrected chi connectivity index (χ4v) is 3.07. The number of nitrogens with one attached hydrogen (secondary N) is 1. The van der Waals surface area contributed by atoms with Crippen molar-refractivity contribution in [3.05, 3.63) is 35.6 Å². The van der Waals surface area contributed by atoms with Crippen LogP contribution in [-0.2, 0) is 9.53 Å². The number of carbonyl (C=O) groups excluding carboxylic acids is 1. The monoisotopic (exact) mass is 292 g/mol. The molecule has 1 saturated heterocycles. The van der Waals surface area contributed by atoms with Crippen molar-refractivity contribution in [1.82, 2.24) is 5.32 Å². The second kappa shape index (κ2) is 5.73. The Morgan fingerprint density at radius 1 is 1.43 bits per heavy atom. The van der Waals surface area contributed by atoms with Gasteiger partial charge in [0.2, 0.25) is 5.91 Å². The molecule has 3 N–H and O–H groups in total. The molecule has 2 aliphatic rings. The molecule has 1 saturated carbocycles. The fraction of sp³-hybridized carbons (Fsp3) is 0.562. The molecular weight excluding hydrogens is 271 g/mol. The standard InChI is InChI=1S/C16H21FN2O2/c17-12-3-1-2-11(8-12)13-9-14(13)19-15(20)16(10-18)4-6-21-7-5-16/h1-3,8,13-14H,4-7,9-10,18H2,(H,19,20). The van der Waals surface area contributed by atoms with Crippen molar-refractivity contribution in [3.63, 3.8) is 0 Å². The zero-order valence-corrected chi connectivity index (χ0v) is 12.0. The number of hydrogen-bond donors (Lipinski definition) is 2. The first-order chi connectivity index (χ1) is 10.1. The molecule has 1 aromatic carbocycles. The molecule has 0 spiro atoms. The number of carbonyl (C=O) groups is 1. The van der Waals surface area contributed by atoms with Crippen molar-refractivity contribution in [1.29, 1.82) is 0 Å². The van der Waals surface area contributed by atoms with Crippen molar-refractivity contribution in [2.45, 2.75) is 31.2 Å².